The molecule has 0 fully saturated rings. The smallest absolute Gasteiger partial charge is 0.260 e. The maximum atomic E-state index is 12.9. The Morgan fingerprint density at radius 3 is 2.50 bits per heavy atom. The predicted molar refractivity (Wildman–Crippen MR) is 124 cm³/mol. The standard InChI is InChI=1S/C21H22N6O4S/c1-26-16-8-6-5-7-14(16)20(28)27(2)17-12-22-21(24-19(17)26)23-15-10-9-13(11-18(15)31-3)25-32(4,29)30/h5-12,25H,1-4H3,(H,22,23,24). The highest BCUT2D eigenvalue weighted by atomic mass is 32.2. The quantitative estimate of drug-likeness (QED) is 0.604. The minimum atomic E-state index is -3.42. The number of amides is 1. The number of anilines is 6. The molecule has 0 bridgehead atoms. The van der Waals surface area contributed by atoms with E-state index in [0.717, 1.165) is 11.9 Å². The molecule has 0 saturated heterocycles. The van der Waals surface area contributed by atoms with E-state index < -0.39 is 10.0 Å². The lowest BCUT2D eigenvalue weighted by Crippen LogP contribution is -2.25. The van der Waals surface area contributed by atoms with Gasteiger partial charge < -0.3 is 19.9 Å². The molecule has 0 atom stereocenters. The summed E-state index contributed by atoms with van der Waals surface area (Å²) in [7, 11) is 1.59. The summed E-state index contributed by atoms with van der Waals surface area (Å²) in [4.78, 5) is 25.3. The highest BCUT2D eigenvalue weighted by molar-refractivity contribution is 7.92. The molecule has 1 aromatic heterocycles. The van der Waals surface area contributed by atoms with Gasteiger partial charge in [0.25, 0.3) is 5.91 Å². The average molecular weight is 455 g/mol. The second kappa shape index (κ2) is 8.00. The first kappa shape index (κ1) is 21.4. The number of fused-ring (bicyclic) bond motifs is 2. The number of aromatic nitrogens is 2. The number of hydrogen-bond acceptors (Lipinski definition) is 8. The molecule has 1 amide bonds. The van der Waals surface area contributed by atoms with Gasteiger partial charge in [-0.15, -0.1) is 0 Å². The van der Waals surface area contributed by atoms with Crippen molar-refractivity contribution in [3.63, 3.8) is 0 Å². The van der Waals surface area contributed by atoms with E-state index >= 15 is 0 Å². The molecule has 2 heterocycles. The first-order valence-electron chi connectivity index (χ1n) is 9.58. The van der Waals surface area contributed by atoms with Crippen LogP contribution in [0.3, 0.4) is 0 Å². The maximum absolute atomic E-state index is 12.9. The van der Waals surface area contributed by atoms with Gasteiger partial charge in [0.2, 0.25) is 16.0 Å². The van der Waals surface area contributed by atoms with Crippen LogP contribution in [-0.2, 0) is 10.0 Å². The molecule has 2 N–H and O–H groups in total. The Morgan fingerprint density at radius 2 is 1.78 bits per heavy atom. The number of hydrogen-bond donors (Lipinski definition) is 2. The molecule has 1 aliphatic rings. The van der Waals surface area contributed by atoms with Crippen molar-refractivity contribution in [1.29, 1.82) is 0 Å². The Hall–Kier alpha value is -3.86. The lowest BCUT2D eigenvalue weighted by molar-refractivity contribution is 0.0994. The minimum absolute atomic E-state index is 0.147. The third kappa shape index (κ3) is 4.02. The zero-order valence-corrected chi connectivity index (χ0v) is 18.8. The molecule has 4 rings (SSSR count). The number of carbonyl (C=O) groups is 1. The van der Waals surface area contributed by atoms with Crippen LogP contribution in [-0.4, -0.2) is 51.8 Å². The van der Waals surface area contributed by atoms with Crippen molar-refractivity contribution in [3.05, 3.63) is 54.2 Å². The van der Waals surface area contributed by atoms with Crippen LogP contribution in [0.5, 0.6) is 5.75 Å². The van der Waals surface area contributed by atoms with E-state index in [1.807, 2.05) is 30.1 Å². The van der Waals surface area contributed by atoms with Gasteiger partial charge in [-0.2, -0.15) is 4.98 Å². The Morgan fingerprint density at radius 1 is 1.03 bits per heavy atom. The van der Waals surface area contributed by atoms with Gasteiger partial charge in [0, 0.05) is 20.2 Å². The number of para-hydroxylation sites is 1. The fourth-order valence-corrected chi connectivity index (χ4v) is 4.01. The molecule has 0 saturated carbocycles. The van der Waals surface area contributed by atoms with Gasteiger partial charge in [0.1, 0.15) is 11.4 Å². The molecule has 0 radical (unpaired) electrons. The van der Waals surface area contributed by atoms with Gasteiger partial charge in [0.15, 0.2) is 5.82 Å². The van der Waals surface area contributed by atoms with Crippen LogP contribution in [0.1, 0.15) is 10.4 Å². The van der Waals surface area contributed by atoms with Crippen molar-refractivity contribution in [2.24, 2.45) is 0 Å². The van der Waals surface area contributed by atoms with Crippen molar-refractivity contribution in [2.75, 3.05) is 47.3 Å². The van der Waals surface area contributed by atoms with E-state index in [2.05, 4.69) is 20.0 Å². The molecule has 0 spiro atoms. The molecular weight excluding hydrogens is 432 g/mol. The Labute approximate surface area is 185 Å². The Balaban J connectivity index is 1.71. The molecule has 11 heteroatoms. The van der Waals surface area contributed by atoms with Crippen LogP contribution in [0.4, 0.5) is 34.5 Å². The number of rotatable bonds is 5. The summed E-state index contributed by atoms with van der Waals surface area (Å²) in [6, 6.07) is 12.1. The molecule has 1 aliphatic heterocycles. The van der Waals surface area contributed by atoms with Crippen LogP contribution < -0.4 is 24.6 Å². The second-order valence-corrected chi connectivity index (χ2v) is 9.01. The average Bonchev–Trinajstić information content (AvgIpc) is 2.84. The minimum Gasteiger partial charge on any atom is -0.494 e. The van der Waals surface area contributed by atoms with Gasteiger partial charge in [-0.1, -0.05) is 12.1 Å². The van der Waals surface area contributed by atoms with Crippen LogP contribution >= 0.6 is 0 Å². The van der Waals surface area contributed by atoms with E-state index in [9.17, 15) is 13.2 Å². The molecular formula is C21H22N6O4S. The zero-order valence-electron chi connectivity index (χ0n) is 17.9. The summed E-state index contributed by atoms with van der Waals surface area (Å²) in [6.45, 7) is 0. The predicted octanol–water partition coefficient (Wildman–Crippen LogP) is 2.96. The molecule has 0 unspecified atom stereocenters. The van der Waals surface area contributed by atoms with Gasteiger partial charge >= 0.3 is 0 Å². The molecule has 32 heavy (non-hydrogen) atoms. The normalized spacial score (nSPS) is 13.2. The molecule has 10 nitrogen and oxygen atoms in total. The van der Waals surface area contributed by atoms with E-state index in [1.165, 1.54) is 12.0 Å². The topological polar surface area (TPSA) is 117 Å². The Bertz CT molecular complexity index is 1310. The zero-order chi connectivity index (χ0) is 23.0. The maximum Gasteiger partial charge on any atom is 0.260 e. The summed E-state index contributed by atoms with van der Waals surface area (Å²) in [6.07, 6.45) is 2.66. The first-order valence-corrected chi connectivity index (χ1v) is 11.5. The SMILES string of the molecule is COc1cc(NS(C)(=O)=O)ccc1Nc1ncc2c(n1)N(C)c1ccccc1C(=O)N2C. The van der Waals surface area contributed by atoms with Crippen molar-refractivity contribution >= 4 is 50.4 Å². The molecule has 3 aromatic rings. The van der Waals surface area contributed by atoms with Crippen LogP contribution in [0.2, 0.25) is 0 Å². The van der Waals surface area contributed by atoms with Crippen molar-refractivity contribution < 1.29 is 17.9 Å². The fourth-order valence-electron chi connectivity index (χ4n) is 3.45. The molecule has 0 aliphatic carbocycles. The number of ether oxygens (including phenoxy) is 1. The Kier molecular flexibility index (Phi) is 5.35. The number of methoxy groups -OCH3 is 1. The number of benzene rings is 2. The van der Waals surface area contributed by atoms with Gasteiger partial charge in [-0.05, 0) is 24.3 Å². The molecule has 2 aromatic carbocycles. The van der Waals surface area contributed by atoms with Gasteiger partial charge in [-0.25, -0.2) is 13.4 Å². The summed E-state index contributed by atoms with van der Waals surface area (Å²) in [5.74, 6) is 1.10. The van der Waals surface area contributed by atoms with Gasteiger partial charge in [-0.3, -0.25) is 9.52 Å². The van der Waals surface area contributed by atoms with Crippen LogP contribution in [0.25, 0.3) is 0 Å². The third-order valence-corrected chi connectivity index (χ3v) is 5.59. The lowest BCUT2D eigenvalue weighted by Gasteiger charge is -2.21. The number of carbonyl (C=O) groups excluding carboxylic acids is 1. The van der Waals surface area contributed by atoms with E-state index in [1.54, 1.807) is 37.5 Å². The first-order chi connectivity index (χ1) is 15.2. The number of nitrogens with one attached hydrogen (secondary N) is 2. The largest absolute Gasteiger partial charge is 0.494 e. The van der Waals surface area contributed by atoms with Gasteiger partial charge in [0.05, 0.1) is 42.2 Å². The van der Waals surface area contributed by atoms with Crippen LogP contribution in [0.15, 0.2) is 48.7 Å². The second-order valence-electron chi connectivity index (χ2n) is 7.26. The summed E-state index contributed by atoms with van der Waals surface area (Å²) < 4.78 is 30.8. The van der Waals surface area contributed by atoms with Crippen LogP contribution in [0, 0.1) is 0 Å². The van der Waals surface area contributed by atoms with Crippen molar-refractivity contribution in [1.82, 2.24) is 9.97 Å². The highest BCUT2D eigenvalue weighted by Crippen LogP contribution is 2.38. The lowest BCUT2D eigenvalue weighted by atomic mass is 10.1. The number of sulfonamides is 1. The van der Waals surface area contributed by atoms with E-state index in [0.29, 0.717) is 34.2 Å². The number of nitrogens with zero attached hydrogens (tertiary/aromatic N) is 4. The highest BCUT2D eigenvalue weighted by Gasteiger charge is 2.28. The van der Waals surface area contributed by atoms with Crippen molar-refractivity contribution in [3.8, 4) is 5.75 Å². The summed E-state index contributed by atoms with van der Waals surface area (Å²) >= 11 is 0. The van der Waals surface area contributed by atoms with E-state index in [-0.39, 0.29) is 11.9 Å². The summed E-state index contributed by atoms with van der Waals surface area (Å²) in [5, 5.41) is 3.10. The third-order valence-electron chi connectivity index (χ3n) is 4.98. The summed E-state index contributed by atoms with van der Waals surface area (Å²) in [5.41, 5.74) is 2.79. The molecule has 166 valence electrons. The van der Waals surface area contributed by atoms with Crippen molar-refractivity contribution in [2.45, 2.75) is 0 Å². The van der Waals surface area contributed by atoms with E-state index in [4.69, 9.17) is 4.74 Å². The monoisotopic (exact) mass is 454 g/mol. The fraction of sp³-hybridized carbons (Fsp3) is 0.190.